The third kappa shape index (κ3) is 2.66. The number of phenolic OH excluding ortho intramolecular Hbond substituents is 1. The van der Waals surface area contributed by atoms with Crippen molar-refractivity contribution in [3.05, 3.63) is 24.3 Å². The highest BCUT2D eigenvalue weighted by molar-refractivity contribution is 7.89. The Kier molecular flexibility index (Phi) is 3.89. The van der Waals surface area contributed by atoms with Gasteiger partial charge in [0.25, 0.3) is 0 Å². The minimum Gasteiger partial charge on any atom is -0.508 e. The van der Waals surface area contributed by atoms with Crippen LogP contribution in [0.2, 0.25) is 0 Å². The molecule has 1 saturated heterocycles. The lowest BCUT2D eigenvalue weighted by Crippen LogP contribution is -2.39. The fourth-order valence-corrected chi connectivity index (χ4v) is 3.57. The second-order valence-electron chi connectivity index (χ2n) is 4.52. The van der Waals surface area contributed by atoms with Gasteiger partial charge >= 0.3 is 0 Å². The third-order valence-electron chi connectivity index (χ3n) is 3.31. The number of hydrogen-bond donors (Lipinski definition) is 2. The van der Waals surface area contributed by atoms with Gasteiger partial charge in [0.15, 0.2) is 0 Å². The minimum atomic E-state index is -3.47. The first-order valence-corrected chi connectivity index (χ1v) is 7.38. The Morgan fingerprint density at radius 1 is 1.17 bits per heavy atom. The summed E-state index contributed by atoms with van der Waals surface area (Å²) >= 11 is 0. The summed E-state index contributed by atoms with van der Waals surface area (Å²) in [7, 11) is -3.47. The number of aliphatic hydroxyl groups excluding tert-OH is 1. The number of rotatable bonds is 3. The van der Waals surface area contributed by atoms with Gasteiger partial charge in [0.2, 0.25) is 10.0 Å². The van der Waals surface area contributed by atoms with Crippen LogP contribution in [0.4, 0.5) is 0 Å². The lowest BCUT2D eigenvalue weighted by atomic mass is 10.00. The molecule has 1 aliphatic rings. The van der Waals surface area contributed by atoms with Gasteiger partial charge in [-0.15, -0.1) is 0 Å². The van der Waals surface area contributed by atoms with E-state index >= 15 is 0 Å². The summed E-state index contributed by atoms with van der Waals surface area (Å²) in [4.78, 5) is 0.197. The summed E-state index contributed by atoms with van der Waals surface area (Å²) in [5.74, 6) is 0.254. The van der Waals surface area contributed by atoms with Crippen molar-refractivity contribution in [2.24, 2.45) is 5.92 Å². The molecule has 1 aliphatic heterocycles. The van der Waals surface area contributed by atoms with Crippen molar-refractivity contribution < 1.29 is 18.6 Å². The molecule has 0 amide bonds. The van der Waals surface area contributed by atoms with Crippen LogP contribution in [0.5, 0.6) is 5.75 Å². The molecule has 1 aromatic rings. The van der Waals surface area contributed by atoms with Crippen molar-refractivity contribution >= 4 is 10.0 Å². The molecule has 0 aromatic heterocycles. The van der Waals surface area contributed by atoms with Crippen LogP contribution in [0.25, 0.3) is 0 Å². The molecule has 0 unspecified atom stereocenters. The smallest absolute Gasteiger partial charge is 0.243 e. The molecule has 1 fully saturated rings. The van der Waals surface area contributed by atoms with E-state index in [2.05, 4.69) is 0 Å². The van der Waals surface area contributed by atoms with Gasteiger partial charge in [-0.05, 0) is 43.0 Å². The summed E-state index contributed by atoms with van der Waals surface area (Å²) < 4.78 is 26.0. The van der Waals surface area contributed by atoms with Gasteiger partial charge in [0.05, 0.1) is 4.90 Å². The zero-order chi connectivity index (χ0) is 13.2. The average molecular weight is 271 g/mol. The summed E-state index contributed by atoms with van der Waals surface area (Å²) in [6, 6.07) is 5.55. The third-order valence-corrected chi connectivity index (χ3v) is 5.22. The van der Waals surface area contributed by atoms with E-state index in [1.165, 1.54) is 28.6 Å². The van der Waals surface area contributed by atoms with Crippen molar-refractivity contribution in [2.75, 3.05) is 19.7 Å². The number of aromatic hydroxyl groups is 1. The molecule has 2 rings (SSSR count). The maximum Gasteiger partial charge on any atom is 0.243 e. The number of sulfonamides is 1. The van der Waals surface area contributed by atoms with Gasteiger partial charge in [0.1, 0.15) is 5.75 Å². The molecule has 2 N–H and O–H groups in total. The fraction of sp³-hybridized carbons (Fsp3) is 0.500. The molecule has 0 spiro atoms. The molecule has 0 atom stereocenters. The number of nitrogens with zero attached hydrogens (tertiary/aromatic N) is 1. The molecule has 0 saturated carbocycles. The Hall–Kier alpha value is -1.11. The van der Waals surface area contributed by atoms with Crippen LogP contribution < -0.4 is 0 Å². The predicted octanol–water partition coefficient (Wildman–Crippen LogP) is 0.785. The molecule has 0 radical (unpaired) electrons. The van der Waals surface area contributed by atoms with Crippen molar-refractivity contribution in [1.29, 1.82) is 0 Å². The van der Waals surface area contributed by atoms with Crippen molar-refractivity contribution in [2.45, 2.75) is 17.7 Å². The van der Waals surface area contributed by atoms with Crippen LogP contribution in [-0.2, 0) is 10.0 Å². The zero-order valence-electron chi connectivity index (χ0n) is 9.99. The SMILES string of the molecule is O=S(=O)(c1ccc(O)cc1)N1CCC(CO)CC1. The molecular formula is C12H17NO4S. The molecule has 6 heteroatoms. The summed E-state index contributed by atoms with van der Waals surface area (Å²) in [6.07, 6.45) is 1.38. The second-order valence-corrected chi connectivity index (χ2v) is 6.46. The van der Waals surface area contributed by atoms with Gasteiger partial charge in [-0.3, -0.25) is 0 Å². The predicted molar refractivity (Wildman–Crippen MR) is 66.7 cm³/mol. The van der Waals surface area contributed by atoms with Gasteiger partial charge < -0.3 is 10.2 Å². The van der Waals surface area contributed by atoms with Gasteiger partial charge in [-0.25, -0.2) is 8.42 Å². The number of phenols is 1. The minimum absolute atomic E-state index is 0.0490. The fourth-order valence-electron chi connectivity index (χ4n) is 2.10. The van der Waals surface area contributed by atoms with Crippen LogP contribution in [0.3, 0.4) is 0 Å². The first kappa shape index (κ1) is 13.3. The molecule has 0 bridgehead atoms. The first-order valence-electron chi connectivity index (χ1n) is 5.94. The van der Waals surface area contributed by atoms with Crippen LogP contribution in [0.1, 0.15) is 12.8 Å². The van der Waals surface area contributed by atoms with Crippen LogP contribution in [0, 0.1) is 5.92 Å². The molecule has 1 heterocycles. The zero-order valence-corrected chi connectivity index (χ0v) is 10.8. The highest BCUT2D eigenvalue weighted by atomic mass is 32.2. The van der Waals surface area contributed by atoms with Crippen molar-refractivity contribution in [3.8, 4) is 5.75 Å². The Labute approximate surface area is 107 Å². The lowest BCUT2D eigenvalue weighted by molar-refractivity contribution is 0.170. The Bertz CT molecular complexity index is 489. The van der Waals surface area contributed by atoms with Gasteiger partial charge in [-0.2, -0.15) is 4.31 Å². The van der Waals surface area contributed by atoms with Crippen LogP contribution in [0.15, 0.2) is 29.2 Å². The highest BCUT2D eigenvalue weighted by Crippen LogP contribution is 2.24. The monoisotopic (exact) mass is 271 g/mol. The van der Waals surface area contributed by atoms with E-state index in [-0.39, 0.29) is 23.2 Å². The molecular weight excluding hydrogens is 254 g/mol. The molecule has 18 heavy (non-hydrogen) atoms. The standard InChI is InChI=1S/C12H17NO4S/c14-9-10-5-7-13(8-6-10)18(16,17)12-3-1-11(15)2-4-12/h1-4,10,14-15H,5-9H2. The van der Waals surface area contributed by atoms with E-state index < -0.39 is 10.0 Å². The lowest BCUT2D eigenvalue weighted by Gasteiger charge is -2.30. The topological polar surface area (TPSA) is 77.8 Å². The maximum absolute atomic E-state index is 12.3. The van der Waals surface area contributed by atoms with Crippen molar-refractivity contribution in [3.63, 3.8) is 0 Å². The summed E-state index contributed by atoms with van der Waals surface area (Å²) in [5, 5.41) is 18.2. The number of piperidine rings is 1. The molecule has 100 valence electrons. The quantitative estimate of drug-likeness (QED) is 0.852. The van der Waals surface area contributed by atoms with E-state index in [4.69, 9.17) is 10.2 Å². The molecule has 1 aromatic carbocycles. The Balaban J connectivity index is 2.15. The molecule has 5 nitrogen and oxygen atoms in total. The number of benzene rings is 1. The Morgan fingerprint density at radius 2 is 1.72 bits per heavy atom. The van der Waals surface area contributed by atoms with Crippen molar-refractivity contribution in [1.82, 2.24) is 4.31 Å². The maximum atomic E-state index is 12.3. The average Bonchev–Trinajstić information content (AvgIpc) is 2.39. The van der Waals surface area contributed by atoms with E-state index in [9.17, 15) is 8.42 Å². The first-order chi connectivity index (χ1) is 8.54. The summed E-state index contributed by atoms with van der Waals surface area (Å²) in [6.45, 7) is 0.996. The van der Waals surface area contributed by atoms with E-state index in [0.717, 1.165) is 0 Å². The normalized spacial score (nSPS) is 18.9. The van der Waals surface area contributed by atoms with Gasteiger partial charge in [-0.1, -0.05) is 0 Å². The second kappa shape index (κ2) is 5.26. The summed E-state index contributed by atoms with van der Waals surface area (Å²) in [5.41, 5.74) is 0. The highest BCUT2D eigenvalue weighted by Gasteiger charge is 2.28. The van der Waals surface area contributed by atoms with E-state index in [1.807, 2.05) is 0 Å². The number of aliphatic hydroxyl groups is 1. The number of hydrogen-bond acceptors (Lipinski definition) is 4. The largest absolute Gasteiger partial charge is 0.508 e. The Morgan fingerprint density at radius 3 is 2.22 bits per heavy atom. The van der Waals surface area contributed by atoms with Crippen LogP contribution >= 0.6 is 0 Å². The van der Waals surface area contributed by atoms with Crippen LogP contribution in [-0.4, -0.2) is 42.6 Å². The van der Waals surface area contributed by atoms with E-state index in [1.54, 1.807) is 0 Å². The van der Waals surface area contributed by atoms with Gasteiger partial charge in [0, 0.05) is 19.7 Å². The van der Waals surface area contributed by atoms with E-state index in [0.29, 0.717) is 25.9 Å². The molecule has 0 aliphatic carbocycles.